The number of likely N-dealkylation sites (tertiary alicyclic amines) is 1. The maximum absolute atomic E-state index is 14.2. The first kappa shape index (κ1) is 37.6. The van der Waals surface area contributed by atoms with Crippen molar-refractivity contribution in [3.8, 4) is 11.5 Å². The van der Waals surface area contributed by atoms with Gasteiger partial charge in [0.05, 0.1) is 12.2 Å². The van der Waals surface area contributed by atoms with Crippen LogP contribution in [0.3, 0.4) is 0 Å². The van der Waals surface area contributed by atoms with Crippen LogP contribution in [0.1, 0.15) is 68.3 Å². The summed E-state index contributed by atoms with van der Waals surface area (Å²) in [6, 6.07) is 10.3. The smallest absolute Gasteiger partial charge is 0.420 e. The summed E-state index contributed by atoms with van der Waals surface area (Å²) in [6.07, 6.45) is 11.7. The highest BCUT2D eigenvalue weighted by Gasteiger charge is 2.48. The van der Waals surface area contributed by atoms with Crippen LogP contribution in [-0.4, -0.2) is 70.2 Å². The normalized spacial score (nSPS) is 22.6. The summed E-state index contributed by atoms with van der Waals surface area (Å²) in [5.74, 6) is -1.20. The number of ether oxygens (including phenoxy) is 1. The van der Waals surface area contributed by atoms with Gasteiger partial charge >= 0.3 is 12.1 Å². The molecule has 1 fully saturated rings. The molecule has 4 aliphatic rings. The number of aliphatic hydroxyl groups is 1. The average molecular weight is 750 g/mol. The lowest BCUT2D eigenvalue weighted by molar-refractivity contribution is 0.102. The number of anilines is 2. The fourth-order valence-corrected chi connectivity index (χ4v) is 8.19. The number of carbonyl (C=O) groups excluding carboxylic acids is 2. The van der Waals surface area contributed by atoms with Crippen LogP contribution in [0.25, 0.3) is 21.9 Å². The van der Waals surface area contributed by atoms with E-state index in [9.17, 15) is 24.6 Å². The standard InChI is InChI=1S/C40H44FN9O5/c1-3-31-26-20-25(2)23-40(31,47-48-42)32-14-15-35(44-34(32)22-26)54-39(53)50(19-9-18-49-16-7-4-8-17-49)38-46-45-37(55-38)29-13-12-28(21-27(29)24-51)43-36(52)30-10-5-6-11-33(30)41/h3,5-6,10-15,20-21,26,35,44,51H,4,7-9,16-19,22-24H2,1-2H3,(H,43,52)/b31-3+/t26-,35?,40?/m1/s1. The van der Waals surface area contributed by atoms with Crippen molar-refractivity contribution in [2.24, 2.45) is 11.0 Å². The molecule has 1 saturated heterocycles. The van der Waals surface area contributed by atoms with E-state index >= 15 is 0 Å². The lowest BCUT2D eigenvalue weighted by atomic mass is 9.63. The van der Waals surface area contributed by atoms with Crippen LogP contribution in [0.4, 0.5) is 20.9 Å². The molecule has 7 rings (SSSR count). The van der Waals surface area contributed by atoms with Crippen molar-refractivity contribution in [3.05, 3.63) is 117 Å². The van der Waals surface area contributed by atoms with Gasteiger partial charge in [0.2, 0.25) is 5.89 Å². The molecule has 3 heterocycles. The van der Waals surface area contributed by atoms with Crippen LogP contribution >= 0.6 is 0 Å². The number of carbonyl (C=O) groups is 2. The molecule has 1 aromatic heterocycles. The molecular formula is C40H44FN9O5. The minimum Gasteiger partial charge on any atom is -0.421 e. The van der Waals surface area contributed by atoms with Gasteiger partial charge in [0.25, 0.3) is 5.91 Å². The van der Waals surface area contributed by atoms with Gasteiger partial charge in [-0.1, -0.05) is 58.1 Å². The monoisotopic (exact) mass is 749 g/mol. The number of piperidine rings is 1. The van der Waals surface area contributed by atoms with E-state index in [0.717, 1.165) is 54.9 Å². The van der Waals surface area contributed by atoms with E-state index in [-0.39, 0.29) is 29.9 Å². The highest BCUT2D eigenvalue weighted by molar-refractivity contribution is 6.04. The molecule has 0 spiro atoms. The summed E-state index contributed by atoms with van der Waals surface area (Å²) in [4.78, 5) is 33.7. The fraction of sp³-hybridized carbons (Fsp3) is 0.400. The Labute approximate surface area is 318 Å². The minimum absolute atomic E-state index is 0.0439. The SMILES string of the molecule is C/C=C1\[C@@H]2C=C(C)CC1(N=[N+]=[N-])C1=C(C2)NC(OC(=O)N(CCCN2CCCCC2)c2nnc(-c3ccc(NC(=O)c4ccccc4F)cc3CO)o2)C=C1. The van der Waals surface area contributed by atoms with E-state index in [1.54, 1.807) is 24.3 Å². The number of allylic oxidation sites excluding steroid dienone is 3. The van der Waals surface area contributed by atoms with Gasteiger partial charge in [-0.2, -0.15) is 0 Å². The summed E-state index contributed by atoms with van der Waals surface area (Å²) in [5, 5.41) is 29.1. The van der Waals surface area contributed by atoms with Gasteiger partial charge < -0.3 is 29.8 Å². The predicted octanol–water partition coefficient (Wildman–Crippen LogP) is 7.54. The summed E-state index contributed by atoms with van der Waals surface area (Å²) < 4.78 is 26.3. The van der Waals surface area contributed by atoms with Gasteiger partial charge in [-0.15, -0.1) is 5.10 Å². The van der Waals surface area contributed by atoms with Crippen LogP contribution in [0.15, 0.2) is 98.7 Å². The van der Waals surface area contributed by atoms with Crippen LogP contribution in [-0.2, 0) is 11.3 Å². The van der Waals surface area contributed by atoms with E-state index in [1.165, 1.54) is 35.6 Å². The average Bonchev–Trinajstić information content (AvgIpc) is 3.66. The first-order chi connectivity index (χ1) is 26.7. The second-order valence-corrected chi connectivity index (χ2v) is 14.3. The molecule has 2 aliphatic carbocycles. The molecule has 2 bridgehead atoms. The lowest BCUT2D eigenvalue weighted by Gasteiger charge is -2.47. The first-order valence-electron chi connectivity index (χ1n) is 18.7. The summed E-state index contributed by atoms with van der Waals surface area (Å²) in [7, 11) is 0. The Balaban J connectivity index is 1.10. The minimum atomic E-state index is -0.850. The third-order valence-electron chi connectivity index (χ3n) is 10.7. The Hall–Kier alpha value is -5.76. The Morgan fingerprint density at radius 2 is 2.05 bits per heavy atom. The van der Waals surface area contributed by atoms with Crippen molar-refractivity contribution >= 4 is 23.7 Å². The molecule has 3 aromatic rings. The first-order valence-corrected chi connectivity index (χ1v) is 18.7. The largest absolute Gasteiger partial charge is 0.421 e. The molecule has 3 N–H and O–H groups in total. The van der Waals surface area contributed by atoms with Crippen LogP contribution < -0.4 is 15.5 Å². The number of nitrogens with one attached hydrogen (secondary N) is 2. The van der Waals surface area contributed by atoms with E-state index in [2.05, 4.69) is 48.8 Å². The summed E-state index contributed by atoms with van der Waals surface area (Å²) in [6.45, 7) is 6.62. The number of fused-ring (bicyclic) bond motifs is 3. The topological polar surface area (TPSA) is 182 Å². The van der Waals surface area contributed by atoms with E-state index in [0.29, 0.717) is 36.1 Å². The number of nitrogens with zero attached hydrogens (tertiary/aromatic N) is 7. The van der Waals surface area contributed by atoms with Crippen LogP contribution in [0, 0.1) is 11.7 Å². The van der Waals surface area contributed by atoms with Crippen molar-refractivity contribution in [2.45, 2.75) is 70.7 Å². The van der Waals surface area contributed by atoms with Gasteiger partial charge in [-0.05, 0) is 119 Å². The predicted molar refractivity (Wildman–Crippen MR) is 204 cm³/mol. The maximum atomic E-state index is 14.2. The third kappa shape index (κ3) is 7.77. The van der Waals surface area contributed by atoms with Crippen molar-refractivity contribution in [1.82, 2.24) is 20.4 Å². The summed E-state index contributed by atoms with van der Waals surface area (Å²) >= 11 is 0. The molecule has 55 heavy (non-hydrogen) atoms. The molecule has 0 saturated carbocycles. The maximum Gasteiger partial charge on any atom is 0.420 e. The molecular weight excluding hydrogens is 705 g/mol. The van der Waals surface area contributed by atoms with E-state index in [1.807, 2.05) is 19.1 Å². The number of azide groups is 1. The molecule has 2 aromatic carbocycles. The quantitative estimate of drug-likeness (QED) is 0.0772. The zero-order valence-electron chi connectivity index (χ0n) is 30.9. The number of benzene rings is 2. The Morgan fingerprint density at radius 1 is 1.24 bits per heavy atom. The van der Waals surface area contributed by atoms with E-state index < -0.39 is 36.2 Å². The third-order valence-corrected chi connectivity index (χ3v) is 10.7. The zero-order valence-corrected chi connectivity index (χ0v) is 30.9. The number of aliphatic hydroxyl groups excluding tert-OH is 1. The fourth-order valence-electron chi connectivity index (χ4n) is 8.19. The number of rotatable bonds is 11. The Morgan fingerprint density at radius 3 is 2.82 bits per heavy atom. The van der Waals surface area contributed by atoms with E-state index in [4.69, 9.17) is 9.15 Å². The molecule has 286 valence electrons. The number of amides is 2. The van der Waals surface area contributed by atoms with Crippen molar-refractivity contribution in [2.75, 3.05) is 36.4 Å². The van der Waals surface area contributed by atoms with Gasteiger partial charge in [0.1, 0.15) is 11.4 Å². The highest BCUT2D eigenvalue weighted by atomic mass is 19.1. The number of aromatic nitrogens is 2. The molecule has 2 amide bonds. The number of halogens is 1. The van der Waals surface area contributed by atoms with Crippen LogP contribution in [0.2, 0.25) is 0 Å². The Bertz CT molecular complexity index is 2130. The number of dihydropyridines is 1. The molecule has 14 nitrogen and oxygen atoms in total. The molecule has 0 radical (unpaired) electrons. The number of hydrogen-bond acceptors (Lipinski definition) is 10. The molecule has 15 heteroatoms. The van der Waals surface area contributed by atoms with Crippen molar-refractivity contribution < 1.29 is 28.2 Å². The second kappa shape index (κ2) is 16.3. The van der Waals surface area contributed by atoms with Crippen molar-refractivity contribution in [1.29, 1.82) is 0 Å². The van der Waals surface area contributed by atoms with Crippen molar-refractivity contribution in [3.63, 3.8) is 0 Å². The van der Waals surface area contributed by atoms with Crippen LogP contribution in [0.5, 0.6) is 0 Å². The Kier molecular flexibility index (Phi) is 11.1. The number of hydrogen-bond donors (Lipinski definition) is 3. The van der Waals surface area contributed by atoms with Gasteiger partial charge in [0.15, 0.2) is 6.23 Å². The molecule has 2 unspecified atom stereocenters. The molecule has 2 aliphatic heterocycles. The zero-order chi connectivity index (χ0) is 38.5. The summed E-state index contributed by atoms with van der Waals surface area (Å²) in [5.41, 5.74) is 13.7. The lowest BCUT2D eigenvalue weighted by Crippen LogP contribution is -2.48. The van der Waals surface area contributed by atoms with Gasteiger partial charge in [0, 0.05) is 34.3 Å². The second-order valence-electron chi connectivity index (χ2n) is 14.3. The van der Waals surface area contributed by atoms with Gasteiger partial charge in [-0.25, -0.2) is 14.1 Å². The highest BCUT2D eigenvalue weighted by Crippen LogP contribution is 2.52. The molecule has 3 atom stereocenters. The van der Waals surface area contributed by atoms with Gasteiger partial charge in [-0.3, -0.25) is 4.79 Å².